The van der Waals surface area contributed by atoms with E-state index in [0.29, 0.717) is 30.5 Å². The highest BCUT2D eigenvalue weighted by atomic mass is 16.5. The van der Waals surface area contributed by atoms with E-state index < -0.39 is 0 Å². The van der Waals surface area contributed by atoms with Gasteiger partial charge in [0.05, 0.1) is 6.21 Å². The van der Waals surface area contributed by atoms with Crippen LogP contribution in [0.2, 0.25) is 0 Å². The fourth-order valence-electron chi connectivity index (χ4n) is 2.13. The van der Waals surface area contributed by atoms with E-state index in [1.807, 2.05) is 31.2 Å². The van der Waals surface area contributed by atoms with E-state index in [0.717, 1.165) is 11.1 Å². The lowest BCUT2D eigenvalue weighted by Gasteiger charge is -2.11. The highest BCUT2D eigenvalue weighted by Gasteiger charge is 2.06. The topological polar surface area (TPSA) is 69.2 Å². The molecule has 0 unspecified atom stereocenters. The first kappa shape index (κ1) is 20.8. The molecule has 0 saturated carbocycles. The smallest absolute Gasteiger partial charge is 0.277 e. The zero-order chi connectivity index (χ0) is 20.2. The monoisotopic (exact) mass is 380 g/mol. The van der Waals surface area contributed by atoms with Crippen molar-refractivity contribution in [3.63, 3.8) is 0 Å². The lowest BCUT2D eigenvalue weighted by atomic mass is 10.2. The zero-order valence-corrected chi connectivity index (χ0v) is 15.9. The summed E-state index contributed by atoms with van der Waals surface area (Å²) in [5.74, 6) is 1.42. The molecule has 1 N–H and O–H groups in total. The maximum absolute atomic E-state index is 11.8. The predicted molar refractivity (Wildman–Crippen MR) is 110 cm³/mol. The molecule has 6 nitrogen and oxygen atoms in total. The number of carbonyl (C=O) groups excluding carboxylic acids is 1. The van der Waals surface area contributed by atoms with E-state index in [4.69, 9.17) is 14.2 Å². The zero-order valence-electron chi connectivity index (χ0n) is 15.9. The average molecular weight is 380 g/mol. The molecule has 0 fully saturated rings. The van der Waals surface area contributed by atoms with Gasteiger partial charge in [0.1, 0.15) is 19.0 Å². The van der Waals surface area contributed by atoms with Crippen LogP contribution in [0.25, 0.3) is 0 Å². The number of carbonyl (C=O) groups is 1. The van der Waals surface area contributed by atoms with Gasteiger partial charge in [-0.05, 0) is 42.8 Å². The van der Waals surface area contributed by atoms with Crippen LogP contribution in [-0.2, 0) is 4.79 Å². The Hall–Kier alpha value is -3.54. The number of rotatable bonds is 11. The number of hydrazone groups is 1. The van der Waals surface area contributed by atoms with Crippen molar-refractivity contribution in [3.8, 4) is 17.2 Å². The summed E-state index contributed by atoms with van der Waals surface area (Å²) in [7, 11) is 0. The van der Waals surface area contributed by atoms with Gasteiger partial charge in [0.15, 0.2) is 18.1 Å². The van der Waals surface area contributed by atoms with E-state index in [1.54, 1.807) is 30.4 Å². The average Bonchev–Trinajstić information content (AvgIpc) is 2.71. The van der Waals surface area contributed by atoms with Crippen molar-refractivity contribution in [2.75, 3.05) is 19.8 Å². The number of nitrogens with one attached hydrogen (secondary N) is 1. The third-order valence-electron chi connectivity index (χ3n) is 3.47. The summed E-state index contributed by atoms with van der Waals surface area (Å²) in [5, 5.41) is 3.94. The fraction of sp³-hybridized carbons (Fsp3) is 0.182. The lowest BCUT2D eigenvalue weighted by molar-refractivity contribution is -0.123. The van der Waals surface area contributed by atoms with Crippen LogP contribution in [0.3, 0.4) is 0 Å². The summed E-state index contributed by atoms with van der Waals surface area (Å²) in [6.45, 7) is 9.84. The maximum atomic E-state index is 11.8. The maximum Gasteiger partial charge on any atom is 0.277 e. The van der Waals surface area contributed by atoms with Crippen molar-refractivity contribution in [2.45, 2.75) is 6.92 Å². The van der Waals surface area contributed by atoms with Gasteiger partial charge >= 0.3 is 0 Å². The Morgan fingerprint density at radius 3 is 2.36 bits per heavy atom. The molecule has 28 heavy (non-hydrogen) atoms. The first-order chi connectivity index (χ1) is 13.6. The van der Waals surface area contributed by atoms with Gasteiger partial charge in [-0.1, -0.05) is 43.0 Å². The number of nitrogens with zero attached hydrogens (tertiary/aromatic N) is 1. The first-order valence-corrected chi connectivity index (χ1v) is 8.75. The van der Waals surface area contributed by atoms with E-state index in [9.17, 15) is 4.79 Å². The van der Waals surface area contributed by atoms with E-state index in [1.165, 1.54) is 6.21 Å². The van der Waals surface area contributed by atoms with Gasteiger partial charge in [-0.3, -0.25) is 4.79 Å². The molecule has 0 aliphatic carbocycles. The van der Waals surface area contributed by atoms with Crippen molar-refractivity contribution in [1.29, 1.82) is 0 Å². The third-order valence-corrected chi connectivity index (χ3v) is 3.47. The third kappa shape index (κ3) is 6.99. The van der Waals surface area contributed by atoms with Crippen LogP contribution >= 0.6 is 0 Å². The number of ether oxygens (including phenoxy) is 3. The molecule has 0 spiro atoms. The molecular formula is C22H24N2O4. The number of amides is 1. The Kier molecular flexibility index (Phi) is 8.33. The summed E-state index contributed by atoms with van der Waals surface area (Å²) in [5.41, 5.74) is 4.29. The second-order valence-electron chi connectivity index (χ2n) is 5.80. The standard InChI is InChI=1S/C22H24N2O4/c1-4-12-26-20-11-8-18(14-21(20)27-13-5-2)15-23-24-22(25)16-28-19-9-6-17(3)7-10-19/h4-11,14-15H,1-2,12-13,16H2,3H3,(H,24,25)/b23-15-. The Bertz CT molecular complexity index is 829. The van der Waals surface area contributed by atoms with Crippen molar-refractivity contribution >= 4 is 12.1 Å². The molecule has 1 amide bonds. The molecule has 0 atom stereocenters. The molecule has 0 aromatic heterocycles. The van der Waals surface area contributed by atoms with Crippen LogP contribution in [0.5, 0.6) is 17.2 Å². The Morgan fingerprint density at radius 1 is 1.00 bits per heavy atom. The molecule has 0 aliphatic rings. The minimum absolute atomic E-state index is 0.123. The number of benzene rings is 2. The van der Waals surface area contributed by atoms with Gasteiger partial charge in [-0.15, -0.1) is 0 Å². The molecule has 0 bridgehead atoms. The summed E-state index contributed by atoms with van der Waals surface area (Å²) >= 11 is 0. The van der Waals surface area contributed by atoms with Crippen molar-refractivity contribution in [1.82, 2.24) is 5.43 Å². The van der Waals surface area contributed by atoms with Crippen LogP contribution < -0.4 is 19.6 Å². The van der Waals surface area contributed by atoms with Crippen LogP contribution in [0, 0.1) is 6.92 Å². The van der Waals surface area contributed by atoms with Gasteiger partial charge in [0, 0.05) is 0 Å². The molecule has 0 heterocycles. The highest BCUT2D eigenvalue weighted by molar-refractivity contribution is 5.83. The molecule has 0 radical (unpaired) electrons. The predicted octanol–water partition coefficient (Wildman–Crippen LogP) is 3.65. The van der Waals surface area contributed by atoms with Gasteiger partial charge in [0.2, 0.25) is 0 Å². The van der Waals surface area contributed by atoms with Gasteiger partial charge in [0.25, 0.3) is 5.91 Å². The van der Waals surface area contributed by atoms with Crippen LogP contribution in [0.1, 0.15) is 11.1 Å². The number of hydrogen-bond acceptors (Lipinski definition) is 5. The van der Waals surface area contributed by atoms with Crippen molar-refractivity contribution in [2.24, 2.45) is 5.10 Å². The van der Waals surface area contributed by atoms with Crippen molar-refractivity contribution < 1.29 is 19.0 Å². The van der Waals surface area contributed by atoms with Crippen molar-refractivity contribution in [3.05, 3.63) is 78.9 Å². The van der Waals surface area contributed by atoms with Crippen LogP contribution in [0.15, 0.2) is 72.9 Å². The normalized spacial score (nSPS) is 10.3. The summed E-state index contributed by atoms with van der Waals surface area (Å²) in [6, 6.07) is 12.8. The van der Waals surface area contributed by atoms with Gasteiger partial charge in [-0.25, -0.2) is 5.43 Å². The molecule has 0 saturated heterocycles. The minimum atomic E-state index is -0.356. The highest BCUT2D eigenvalue weighted by Crippen LogP contribution is 2.28. The Balaban J connectivity index is 1.90. The second kappa shape index (κ2) is 11.2. The first-order valence-electron chi connectivity index (χ1n) is 8.75. The number of aryl methyl sites for hydroxylation is 1. The van der Waals surface area contributed by atoms with Gasteiger partial charge in [-0.2, -0.15) is 5.10 Å². The van der Waals surface area contributed by atoms with E-state index in [2.05, 4.69) is 23.7 Å². The Morgan fingerprint density at radius 2 is 1.68 bits per heavy atom. The summed E-state index contributed by atoms with van der Waals surface area (Å²) in [4.78, 5) is 11.8. The molecule has 146 valence electrons. The largest absolute Gasteiger partial charge is 0.486 e. The van der Waals surface area contributed by atoms with E-state index >= 15 is 0 Å². The van der Waals surface area contributed by atoms with Crippen LogP contribution in [0.4, 0.5) is 0 Å². The SMILES string of the molecule is C=CCOc1ccc(/C=N\NC(=O)COc2ccc(C)cc2)cc1OCC=C. The van der Waals surface area contributed by atoms with E-state index in [-0.39, 0.29) is 12.5 Å². The number of hydrogen-bond donors (Lipinski definition) is 1. The summed E-state index contributed by atoms with van der Waals surface area (Å²) < 4.78 is 16.6. The lowest BCUT2D eigenvalue weighted by Crippen LogP contribution is -2.24. The molecule has 2 aromatic carbocycles. The molecule has 0 aliphatic heterocycles. The Labute approximate surface area is 165 Å². The van der Waals surface area contributed by atoms with Crippen LogP contribution in [-0.4, -0.2) is 31.9 Å². The summed E-state index contributed by atoms with van der Waals surface area (Å²) in [6.07, 6.45) is 4.81. The fourth-order valence-corrected chi connectivity index (χ4v) is 2.13. The second-order valence-corrected chi connectivity index (χ2v) is 5.80. The molecule has 6 heteroatoms. The van der Waals surface area contributed by atoms with Gasteiger partial charge < -0.3 is 14.2 Å². The molecule has 2 rings (SSSR count). The molecular weight excluding hydrogens is 356 g/mol. The molecule has 2 aromatic rings. The quantitative estimate of drug-likeness (QED) is 0.367. The minimum Gasteiger partial charge on any atom is -0.486 e.